The number of carbonyl (C=O) groups excluding carboxylic acids is 1. The summed E-state index contributed by atoms with van der Waals surface area (Å²) in [5.41, 5.74) is -0.310. The Kier molecular flexibility index (Phi) is 3.64. The molecule has 1 aromatic rings. The van der Waals surface area contributed by atoms with Crippen LogP contribution >= 0.6 is 11.6 Å². The molecule has 92 valence electrons. The Morgan fingerprint density at radius 3 is 2.88 bits per heavy atom. The minimum atomic E-state index is -0.310. The number of piperidine rings is 1. The Morgan fingerprint density at radius 1 is 1.53 bits per heavy atom. The number of amides is 1. The zero-order chi connectivity index (χ0) is 12.3. The maximum absolute atomic E-state index is 12.2. The molecule has 0 unspecified atom stereocenters. The summed E-state index contributed by atoms with van der Waals surface area (Å²) in [7, 11) is 0. The fourth-order valence-corrected chi connectivity index (χ4v) is 2.11. The number of nitrogens with zero attached hydrogens (tertiary/aromatic N) is 1. The van der Waals surface area contributed by atoms with Crippen LogP contribution in [0.4, 0.5) is 5.82 Å². The molecule has 0 aromatic carbocycles. The van der Waals surface area contributed by atoms with Crippen molar-refractivity contribution in [2.24, 2.45) is 5.41 Å². The molecular formula is C12H16ClN3O. The van der Waals surface area contributed by atoms with E-state index in [4.69, 9.17) is 11.6 Å². The van der Waals surface area contributed by atoms with E-state index in [1.54, 1.807) is 18.3 Å². The van der Waals surface area contributed by atoms with Crippen LogP contribution in [-0.4, -0.2) is 24.0 Å². The zero-order valence-corrected chi connectivity index (χ0v) is 10.5. The van der Waals surface area contributed by atoms with E-state index in [2.05, 4.69) is 15.6 Å². The molecule has 1 fully saturated rings. The van der Waals surface area contributed by atoms with Gasteiger partial charge >= 0.3 is 0 Å². The average molecular weight is 254 g/mol. The molecule has 1 aromatic heterocycles. The van der Waals surface area contributed by atoms with Gasteiger partial charge in [0.2, 0.25) is 5.91 Å². The molecule has 1 aliphatic rings. The van der Waals surface area contributed by atoms with Crippen molar-refractivity contribution in [2.45, 2.75) is 19.8 Å². The van der Waals surface area contributed by atoms with Crippen molar-refractivity contribution in [3.63, 3.8) is 0 Å². The fourth-order valence-electron chi connectivity index (χ4n) is 1.95. The van der Waals surface area contributed by atoms with Crippen molar-refractivity contribution >= 4 is 23.3 Å². The van der Waals surface area contributed by atoms with Gasteiger partial charge in [-0.1, -0.05) is 18.5 Å². The lowest BCUT2D eigenvalue weighted by atomic mass is 9.80. The third-order valence-electron chi connectivity index (χ3n) is 3.22. The summed E-state index contributed by atoms with van der Waals surface area (Å²) in [6.45, 7) is 3.76. The normalized spacial score (nSPS) is 18.7. The first-order valence-corrected chi connectivity index (χ1v) is 6.12. The highest BCUT2D eigenvalue weighted by molar-refractivity contribution is 6.30. The molecule has 0 atom stereocenters. The molecule has 1 aliphatic heterocycles. The second-order valence-corrected chi connectivity index (χ2v) is 5.06. The highest BCUT2D eigenvalue weighted by Gasteiger charge is 2.34. The summed E-state index contributed by atoms with van der Waals surface area (Å²) in [6, 6.07) is 3.34. The molecule has 0 aliphatic carbocycles. The van der Waals surface area contributed by atoms with E-state index in [9.17, 15) is 4.79 Å². The first-order valence-electron chi connectivity index (χ1n) is 5.74. The molecular weight excluding hydrogens is 238 g/mol. The number of rotatable bonds is 2. The minimum absolute atomic E-state index is 0.0220. The Balaban J connectivity index is 2.05. The van der Waals surface area contributed by atoms with Crippen molar-refractivity contribution in [1.82, 2.24) is 10.3 Å². The number of carbonyl (C=O) groups is 1. The molecule has 5 heteroatoms. The van der Waals surface area contributed by atoms with Crippen LogP contribution in [0.2, 0.25) is 5.02 Å². The summed E-state index contributed by atoms with van der Waals surface area (Å²) < 4.78 is 0. The van der Waals surface area contributed by atoms with Gasteiger partial charge in [0, 0.05) is 16.6 Å². The second-order valence-electron chi connectivity index (χ2n) is 4.62. The summed E-state index contributed by atoms with van der Waals surface area (Å²) in [5, 5.41) is 6.66. The monoisotopic (exact) mass is 253 g/mol. The third-order valence-corrected chi connectivity index (χ3v) is 3.45. The lowest BCUT2D eigenvalue weighted by molar-refractivity contribution is -0.126. The number of hydrogen-bond donors (Lipinski definition) is 2. The first kappa shape index (κ1) is 12.3. The summed E-state index contributed by atoms with van der Waals surface area (Å²) >= 11 is 5.85. The summed E-state index contributed by atoms with van der Waals surface area (Å²) in [6.07, 6.45) is 3.28. The van der Waals surface area contributed by atoms with E-state index in [1.165, 1.54) is 0 Å². The fraction of sp³-hybridized carbons (Fsp3) is 0.500. The van der Waals surface area contributed by atoms with Crippen LogP contribution in [0.15, 0.2) is 18.3 Å². The number of pyridine rings is 1. The number of anilines is 1. The number of halogens is 1. The minimum Gasteiger partial charge on any atom is -0.317 e. The Bertz CT molecular complexity index is 416. The molecule has 0 spiro atoms. The van der Waals surface area contributed by atoms with Gasteiger partial charge in [-0.15, -0.1) is 0 Å². The van der Waals surface area contributed by atoms with E-state index >= 15 is 0 Å². The maximum atomic E-state index is 12.2. The lowest BCUT2D eigenvalue weighted by Crippen LogP contribution is -2.42. The largest absolute Gasteiger partial charge is 0.317 e. The van der Waals surface area contributed by atoms with Gasteiger partial charge in [-0.05, 0) is 38.1 Å². The van der Waals surface area contributed by atoms with Crippen LogP contribution in [0, 0.1) is 5.41 Å². The van der Waals surface area contributed by atoms with Crippen molar-refractivity contribution < 1.29 is 4.79 Å². The highest BCUT2D eigenvalue weighted by atomic mass is 35.5. The van der Waals surface area contributed by atoms with Crippen molar-refractivity contribution in [1.29, 1.82) is 0 Å². The maximum Gasteiger partial charge on any atom is 0.231 e. The van der Waals surface area contributed by atoms with Crippen LogP contribution in [0.1, 0.15) is 19.8 Å². The predicted octanol–water partition coefficient (Wildman–Crippen LogP) is 2.06. The molecule has 1 amide bonds. The van der Waals surface area contributed by atoms with Crippen LogP contribution in [0.25, 0.3) is 0 Å². The number of hydrogen-bond acceptors (Lipinski definition) is 3. The van der Waals surface area contributed by atoms with Crippen LogP contribution in [-0.2, 0) is 4.79 Å². The Hall–Kier alpha value is -1.13. The second kappa shape index (κ2) is 5.02. The Labute approximate surface area is 106 Å². The number of nitrogens with one attached hydrogen (secondary N) is 2. The van der Waals surface area contributed by atoms with Crippen molar-refractivity contribution in [3.05, 3.63) is 23.4 Å². The topological polar surface area (TPSA) is 54.0 Å². The molecule has 0 saturated carbocycles. The molecule has 1 saturated heterocycles. The van der Waals surface area contributed by atoms with E-state index in [-0.39, 0.29) is 11.3 Å². The van der Waals surface area contributed by atoms with E-state index < -0.39 is 0 Å². The van der Waals surface area contributed by atoms with E-state index in [0.29, 0.717) is 10.8 Å². The predicted molar refractivity (Wildman–Crippen MR) is 68.1 cm³/mol. The smallest absolute Gasteiger partial charge is 0.231 e. The standard InChI is InChI=1S/C12H16ClN3O/c1-12(3-6-14-7-4-12)11(17)16-10-8-9(13)2-5-15-10/h2,5,8,14H,3-4,6-7H2,1H3,(H,15,16,17). The molecule has 0 radical (unpaired) electrons. The van der Waals surface area contributed by atoms with Gasteiger partial charge in [0.05, 0.1) is 0 Å². The first-order chi connectivity index (χ1) is 8.10. The van der Waals surface area contributed by atoms with Gasteiger partial charge in [-0.2, -0.15) is 0 Å². The average Bonchev–Trinajstić information content (AvgIpc) is 2.30. The Morgan fingerprint density at radius 2 is 2.24 bits per heavy atom. The molecule has 17 heavy (non-hydrogen) atoms. The molecule has 2 N–H and O–H groups in total. The molecule has 0 bridgehead atoms. The van der Waals surface area contributed by atoms with Gasteiger partial charge in [0.25, 0.3) is 0 Å². The molecule has 2 rings (SSSR count). The summed E-state index contributed by atoms with van der Waals surface area (Å²) in [4.78, 5) is 16.3. The van der Waals surface area contributed by atoms with E-state index in [0.717, 1.165) is 25.9 Å². The van der Waals surface area contributed by atoms with E-state index in [1.807, 2.05) is 6.92 Å². The van der Waals surface area contributed by atoms with Crippen molar-refractivity contribution in [2.75, 3.05) is 18.4 Å². The van der Waals surface area contributed by atoms with Gasteiger partial charge in [-0.3, -0.25) is 4.79 Å². The molecule has 4 nitrogen and oxygen atoms in total. The lowest BCUT2D eigenvalue weighted by Gasteiger charge is -2.32. The van der Waals surface area contributed by atoms with Crippen LogP contribution in [0.5, 0.6) is 0 Å². The van der Waals surface area contributed by atoms with Crippen molar-refractivity contribution in [3.8, 4) is 0 Å². The van der Waals surface area contributed by atoms with Crippen LogP contribution in [0.3, 0.4) is 0 Å². The highest BCUT2D eigenvalue weighted by Crippen LogP contribution is 2.29. The molecule has 2 heterocycles. The van der Waals surface area contributed by atoms with Gasteiger partial charge < -0.3 is 10.6 Å². The van der Waals surface area contributed by atoms with Gasteiger partial charge in [-0.25, -0.2) is 4.98 Å². The van der Waals surface area contributed by atoms with Crippen LogP contribution < -0.4 is 10.6 Å². The quantitative estimate of drug-likeness (QED) is 0.848. The third kappa shape index (κ3) is 2.96. The zero-order valence-electron chi connectivity index (χ0n) is 9.79. The summed E-state index contributed by atoms with van der Waals surface area (Å²) in [5.74, 6) is 0.538. The SMILES string of the molecule is CC1(C(=O)Nc2cc(Cl)ccn2)CCNCC1. The van der Waals surface area contributed by atoms with Gasteiger partial charge in [0.15, 0.2) is 0 Å². The number of aromatic nitrogens is 1. The van der Waals surface area contributed by atoms with Gasteiger partial charge in [0.1, 0.15) is 5.82 Å².